The van der Waals surface area contributed by atoms with Crippen molar-refractivity contribution in [2.24, 2.45) is 0 Å². The van der Waals surface area contributed by atoms with Crippen molar-refractivity contribution in [3.63, 3.8) is 0 Å². The van der Waals surface area contributed by atoms with Crippen molar-refractivity contribution in [3.8, 4) is 0 Å². The van der Waals surface area contributed by atoms with E-state index >= 15 is 0 Å². The van der Waals surface area contributed by atoms with Gasteiger partial charge < -0.3 is 10.1 Å². The maximum Gasteiger partial charge on any atom is 0.0875 e. The molecule has 0 aliphatic heterocycles. The first-order valence-electron chi connectivity index (χ1n) is 6.48. The SMILES string of the molecule is CCNC(c1ccc(C)s1)C(CC)(CC)OC. The quantitative estimate of drug-likeness (QED) is 0.797. The minimum absolute atomic E-state index is 0.0900. The number of likely N-dealkylation sites (N-methyl/N-ethyl adjacent to an activating group) is 1. The van der Waals surface area contributed by atoms with Crippen LogP contribution in [0.15, 0.2) is 12.1 Å². The molecule has 98 valence electrons. The maximum atomic E-state index is 5.86. The van der Waals surface area contributed by atoms with E-state index < -0.39 is 0 Å². The predicted molar refractivity (Wildman–Crippen MR) is 75.8 cm³/mol. The van der Waals surface area contributed by atoms with Gasteiger partial charge in [0.1, 0.15) is 0 Å². The second kappa shape index (κ2) is 6.53. The minimum atomic E-state index is -0.0900. The van der Waals surface area contributed by atoms with Gasteiger partial charge in [-0.1, -0.05) is 20.8 Å². The van der Waals surface area contributed by atoms with Gasteiger partial charge in [0.05, 0.1) is 11.6 Å². The molecule has 3 heteroatoms. The van der Waals surface area contributed by atoms with E-state index in [0.29, 0.717) is 6.04 Å². The first-order valence-corrected chi connectivity index (χ1v) is 7.30. The van der Waals surface area contributed by atoms with Gasteiger partial charge in [-0.15, -0.1) is 11.3 Å². The summed E-state index contributed by atoms with van der Waals surface area (Å²) < 4.78 is 5.86. The van der Waals surface area contributed by atoms with Gasteiger partial charge in [-0.25, -0.2) is 0 Å². The third kappa shape index (κ3) is 3.09. The van der Waals surface area contributed by atoms with Gasteiger partial charge in [0.2, 0.25) is 0 Å². The molecule has 1 unspecified atom stereocenters. The number of nitrogens with one attached hydrogen (secondary N) is 1. The van der Waals surface area contributed by atoms with E-state index in [-0.39, 0.29) is 5.60 Å². The zero-order valence-electron chi connectivity index (χ0n) is 11.7. The molecular formula is C14H25NOS. The monoisotopic (exact) mass is 255 g/mol. The van der Waals surface area contributed by atoms with Gasteiger partial charge in [0.15, 0.2) is 0 Å². The van der Waals surface area contributed by atoms with E-state index in [9.17, 15) is 0 Å². The Labute approximate surface area is 109 Å². The smallest absolute Gasteiger partial charge is 0.0875 e. The van der Waals surface area contributed by atoms with Crippen LogP contribution >= 0.6 is 11.3 Å². The van der Waals surface area contributed by atoms with Crippen LogP contribution in [0.1, 0.15) is 49.4 Å². The Bertz CT molecular complexity index is 322. The Balaban J connectivity index is 3.06. The van der Waals surface area contributed by atoms with Crippen LogP contribution in [0.25, 0.3) is 0 Å². The first-order chi connectivity index (χ1) is 8.13. The Hall–Kier alpha value is -0.380. The molecule has 1 heterocycles. The Morgan fingerprint density at radius 3 is 2.29 bits per heavy atom. The third-order valence-electron chi connectivity index (χ3n) is 3.58. The lowest BCUT2D eigenvalue weighted by atomic mass is 9.87. The number of rotatable bonds is 7. The molecule has 17 heavy (non-hydrogen) atoms. The summed E-state index contributed by atoms with van der Waals surface area (Å²) in [5.41, 5.74) is -0.0900. The van der Waals surface area contributed by atoms with Gasteiger partial charge >= 0.3 is 0 Å². The van der Waals surface area contributed by atoms with E-state index in [1.807, 2.05) is 18.4 Å². The molecule has 0 aromatic carbocycles. The van der Waals surface area contributed by atoms with E-state index in [4.69, 9.17) is 4.74 Å². The van der Waals surface area contributed by atoms with Crippen LogP contribution in [0.3, 0.4) is 0 Å². The predicted octanol–water partition coefficient (Wildman–Crippen LogP) is 3.91. The number of aryl methyl sites for hydroxylation is 1. The Morgan fingerprint density at radius 2 is 1.94 bits per heavy atom. The number of hydrogen-bond donors (Lipinski definition) is 1. The number of hydrogen-bond acceptors (Lipinski definition) is 3. The zero-order chi connectivity index (χ0) is 12.9. The molecule has 1 atom stereocenters. The van der Waals surface area contributed by atoms with E-state index in [1.165, 1.54) is 9.75 Å². The van der Waals surface area contributed by atoms with Crippen LogP contribution in [0, 0.1) is 6.92 Å². The van der Waals surface area contributed by atoms with Crippen molar-refractivity contribution in [1.29, 1.82) is 0 Å². The molecular weight excluding hydrogens is 230 g/mol. The molecule has 0 amide bonds. The molecule has 1 rings (SSSR count). The summed E-state index contributed by atoms with van der Waals surface area (Å²) in [6, 6.07) is 4.72. The zero-order valence-corrected chi connectivity index (χ0v) is 12.5. The van der Waals surface area contributed by atoms with Crippen molar-refractivity contribution < 1.29 is 4.74 Å². The summed E-state index contributed by atoms with van der Waals surface area (Å²) in [5.74, 6) is 0. The Kier molecular flexibility index (Phi) is 5.63. The lowest BCUT2D eigenvalue weighted by Crippen LogP contribution is -2.44. The van der Waals surface area contributed by atoms with Crippen LogP contribution in [0.4, 0.5) is 0 Å². The standard InChI is InChI=1S/C14H25NOS/c1-6-14(7-2,16-5)13(15-8-3)12-10-9-11(4)17-12/h9-10,13,15H,6-8H2,1-5H3. The van der Waals surface area contributed by atoms with Gasteiger partial charge in [0.25, 0.3) is 0 Å². The maximum absolute atomic E-state index is 5.86. The first kappa shape index (κ1) is 14.7. The van der Waals surface area contributed by atoms with E-state index in [2.05, 4.69) is 45.1 Å². The number of ether oxygens (including phenoxy) is 1. The van der Waals surface area contributed by atoms with Crippen LogP contribution in [0.5, 0.6) is 0 Å². The van der Waals surface area contributed by atoms with Crippen molar-refractivity contribution >= 4 is 11.3 Å². The summed E-state index contributed by atoms with van der Waals surface area (Å²) >= 11 is 1.87. The average Bonchev–Trinajstić information content (AvgIpc) is 2.77. The molecule has 1 aromatic heterocycles. The molecule has 0 saturated carbocycles. The molecule has 0 radical (unpaired) electrons. The molecule has 0 aliphatic carbocycles. The minimum Gasteiger partial charge on any atom is -0.376 e. The summed E-state index contributed by atoms with van der Waals surface area (Å²) in [7, 11) is 1.83. The van der Waals surface area contributed by atoms with E-state index in [1.54, 1.807) is 0 Å². The molecule has 0 fully saturated rings. The molecule has 0 bridgehead atoms. The second-order valence-corrected chi connectivity index (χ2v) is 5.73. The Morgan fingerprint density at radius 1 is 1.29 bits per heavy atom. The highest BCUT2D eigenvalue weighted by Gasteiger charge is 2.37. The topological polar surface area (TPSA) is 21.3 Å². The summed E-state index contributed by atoms with van der Waals surface area (Å²) in [5, 5.41) is 3.59. The third-order valence-corrected chi connectivity index (χ3v) is 4.65. The lowest BCUT2D eigenvalue weighted by Gasteiger charge is -2.38. The molecule has 1 aromatic rings. The van der Waals surface area contributed by atoms with E-state index in [0.717, 1.165) is 19.4 Å². The normalized spacial score (nSPS) is 13.9. The van der Waals surface area contributed by atoms with Gasteiger partial charge in [-0.05, 0) is 38.4 Å². The highest BCUT2D eigenvalue weighted by Crippen LogP contribution is 2.37. The number of thiophene rings is 1. The fourth-order valence-electron chi connectivity index (χ4n) is 2.42. The highest BCUT2D eigenvalue weighted by molar-refractivity contribution is 7.12. The van der Waals surface area contributed by atoms with Crippen LogP contribution in [-0.4, -0.2) is 19.3 Å². The molecule has 0 aliphatic rings. The van der Waals surface area contributed by atoms with Crippen molar-refractivity contribution in [2.45, 2.75) is 52.2 Å². The molecule has 0 spiro atoms. The summed E-state index contributed by atoms with van der Waals surface area (Å²) in [6.07, 6.45) is 2.04. The summed E-state index contributed by atoms with van der Waals surface area (Å²) in [6.45, 7) is 9.69. The fraction of sp³-hybridized carbons (Fsp3) is 0.714. The van der Waals surface area contributed by atoms with Crippen LogP contribution in [0.2, 0.25) is 0 Å². The lowest BCUT2D eigenvalue weighted by molar-refractivity contribution is -0.0473. The molecule has 2 nitrogen and oxygen atoms in total. The van der Waals surface area contributed by atoms with Gasteiger partial charge in [-0.3, -0.25) is 0 Å². The van der Waals surface area contributed by atoms with Crippen molar-refractivity contribution in [1.82, 2.24) is 5.32 Å². The largest absolute Gasteiger partial charge is 0.376 e. The van der Waals surface area contributed by atoms with Crippen LogP contribution in [-0.2, 0) is 4.74 Å². The van der Waals surface area contributed by atoms with Crippen molar-refractivity contribution in [2.75, 3.05) is 13.7 Å². The highest BCUT2D eigenvalue weighted by atomic mass is 32.1. The fourth-order valence-corrected chi connectivity index (χ4v) is 3.48. The van der Waals surface area contributed by atoms with Crippen molar-refractivity contribution in [3.05, 3.63) is 21.9 Å². The van der Waals surface area contributed by atoms with Gasteiger partial charge in [-0.2, -0.15) is 0 Å². The average molecular weight is 255 g/mol. The number of methoxy groups -OCH3 is 1. The van der Waals surface area contributed by atoms with Crippen LogP contribution < -0.4 is 5.32 Å². The molecule has 1 N–H and O–H groups in total. The van der Waals surface area contributed by atoms with Gasteiger partial charge in [0, 0.05) is 16.9 Å². The second-order valence-electron chi connectivity index (χ2n) is 4.42. The summed E-state index contributed by atoms with van der Waals surface area (Å²) in [4.78, 5) is 2.75. The molecule has 0 saturated heterocycles.